The molecule has 0 radical (unpaired) electrons. The van der Waals surface area contributed by atoms with Crippen LogP contribution in [0.3, 0.4) is 0 Å². The second-order valence-electron chi connectivity index (χ2n) is 11.7. The SMILES string of the molecule is CC/C=C\C/C=C\C/C=C\C/C=C\C/C=C\CCCCCC(=O)OC(CCCCCCC)CCCCCCCCC(=O)O. The summed E-state index contributed by atoms with van der Waals surface area (Å²) in [5, 5.41) is 8.74. The van der Waals surface area contributed by atoms with Gasteiger partial charge in [0.15, 0.2) is 0 Å². The van der Waals surface area contributed by atoms with Gasteiger partial charge in [-0.2, -0.15) is 0 Å². The van der Waals surface area contributed by atoms with E-state index in [1.165, 1.54) is 25.7 Å². The van der Waals surface area contributed by atoms with Gasteiger partial charge in [0.2, 0.25) is 0 Å². The molecule has 246 valence electrons. The molecular weight excluding hydrogens is 532 g/mol. The number of allylic oxidation sites excluding steroid dienone is 10. The average Bonchev–Trinajstić information content (AvgIpc) is 2.99. The first-order chi connectivity index (χ1) is 21.1. The van der Waals surface area contributed by atoms with E-state index in [1.54, 1.807) is 0 Å². The van der Waals surface area contributed by atoms with E-state index in [9.17, 15) is 9.59 Å². The van der Waals surface area contributed by atoms with Gasteiger partial charge in [0.1, 0.15) is 6.10 Å². The minimum absolute atomic E-state index is 0.0258. The Balaban J connectivity index is 3.97. The highest BCUT2D eigenvalue weighted by molar-refractivity contribution is 5.69. The van der Waals surface area contributed by atoms with Gasteiger partial charge in [0.05, 0.1) is 0 Å². The quantitative estimate of drug-likeness (QED) is 0.0490. The molecule has 0 bridgehead atoms. The largest absolute Gasteiger partial charge is 0.481 e. The Kier molecular flexibility index (Phi) is 32.3. The van der Waals surface area contributed by atoms with Crippen molar-refractivity contribution in [1.29, 1.82) is 0 Å². The Hall–Kier alpha value is -2.36. The van der Waals surface area contributed by atoms with Crippen molar-refractivity contribution < 1.29 is 19.4 Å². The molecule has 0 amide bonds. The molecule has 0 saturated heterocycles. The van der Waals surface area contributed by atoms with Crippen LogP contribution in [-0.4, -0.2) is 23.1 Å². The number of carbonyl (C=O) groups is 2. The normalized spacial score (nSPS) is 13.0. The predicted octanol–water partition coefficient (Wildman–Crippen LogP) is 12.2. The van der Waals surface area contributed by atoms with Crippen LogP contribution in [0.1, 0.15) is 168 Å². The maximum absolute atomic E-state index is 12.5. The van der Waals surface area contributed by atoms with Crippen LogP contribution >= 0.6 is 0 Å². The Morgan fingerprint density at radius 2 is 0.977 bits per heavy atom. The smallest absolute Gasteiger partial charge is 0.306 e. The summed E-state index contributed by atoms with van der Waals surface area (Å²) in [5.74, 6) is -0.726. The van der Waals surface area contributed by atoms with Gasteiger partial charge in [0, 0.05) is 12.8 Å². The number of aliphatic carboxylic acids is 1. The van der Waals surface area contributed by atoms with E-state index in [2.05, 4.69) is 74.6 Å². The molecule has 0 saturated carbocycles. The molecule has 0 aliphatic heterocycles. The third kappa shape index (κ3) is 34.0. The lowest BCUT2D eigenvalue weighted by atomic mass is 10.0. The Morgan fingerprint density at radius 1 is 0.535 bits per heavy atom. The maximum atomic E-state index is 12.5. The zero-order valence-electron chi connectivity index (χ0n) is 28.0. The fraction of sp³-hybridized carbons (Fsp3) is 0.692. The second kappa shape index (κ2) is 34.1. The molecule has 0 aliphatic carbocycles. The predicted molar refractivity (Wildman–Crippen MR) is 185 cm³/mol. The van der Waals surface area contributed by atoms with E-state index in [0.29, 0.717) is 6.42 Å². The minimum Gasteiger partial charge on any atom is -0.481 e. The van der Waals surface area contributed by atoms with Crippen molar-refractivity contribution in [2.45, 2.75) is 174 Å². The standard InChI is InChI=1S/C39H66O4/c1-3-5-7-9-10-11-12-13-14-15-16-17-18-19-20-21-22-28-32-36-39(42)43-37(33-29-25-8-6-4-2)34-30-26-23-24-27-31-35-38(40)41/h5,7,10-11,13-14,16-17,19-20,37H,3-4,6,8-9,12,15,18,21-36H2,1-2H3,(H,40,41)/b7-5-,11-10-,14-13-,17-16-,20-19-. The molecule has 0 aromatic rings. The van der Waals surface area contributed by atoms with Gasteiger partial charge in [0.25, 0.3) is 0 Å². The van der Waals surface area contributed by atoms with Gasteiger partial charge >= 0.3 is 11.9 Å². The molecule has 43 heavy (non-hydrogen) atoms. The van der Waals surface area contributed by atoms with E-state index < -0.39 is 5.97 Å². The summed E-state index contributed by atoms with van der Waals surface area (Å²) in [5.41, 5.74) is 0. The lowest BCUT2D eigenvalue weighted by molar-refractivity contribution is -0.150. The van der Waals surface area contributed by atoms with Gasteiger partial charge < -0.3 is 9.84 Å². The summed E-state index contributed by atoms with van der Waals surface area (Å²) in [6.07, 6.45) is 46.7. The molecule has 1 atom stereocenters. The van der Waals surface area contributed by atoms with Crippen LogP contribution in [0.15, 0.2) is 60.8 Å². The van der Waals surface area contributed by atoms with Crippen LogP contribution in [0, 0.1) is 0 Å². The summed E-state index contributed by atoms with van der Waals surface area (Å²) in [6, 6.07) is 0. The summed E-state index contributed by atoms with van der Waals surface area (Å²) < 4.78 is 5.93. The van der Waals surface area contributed by atoms with Gasteiger partial charge in [-0.1, -0.05) is 132 Å². The van der Waals surface area contributed by atoms with Gasteiger partial charge in [-0.25, -0.2) is 0 Å². The van der Waals surface area contributed by atoms with Crippen molar-refractivity contribution in [3.63, 3.8) is 0 Å². The molecule has 0 spiro atoms. The van der Waals surface area contributed by atoms with Crippen molar-refractivity contribution in [1.82, 2.24) is 0 Å². The number of hydrogen-bond donors (Lipinski definition) is 1. The van der Waals surface area contributed by atoms with E-state index in [0.717, 1.165) is 116 Å². The third-order valence-electron chi connectivity index (χ3n) is 7.50. The van der Waals surface area contributed by atoms with Crippen molar-refractivity contribution >= 4 is 11.9 Å². The molecule has 4 heteroatoms. The van der Waals surface area contributed by atoms with Crippen LogP contribution in [0.2, 0.25) is 0 Å². The van der Waals surface area contributed by atoms with Gasteiger partial charge in [-0.15, -0.1) is 0 Å². The summed E-state index contributed by atoms with van der Waals surface area (Å²) >= 11 is 0. The van der Waals surface area contributed by atoms with E-state index in [1.807, 2.05) is 0 Å². The zero-order valence-corrected chi connectivity index (χ0v) is 28.0. The molecule has 0 heterocycles. The first kappa shape index (κ1) is 40.6. The number of carboxylic acids is 1. The average molecular weight is 599 g/mol. The summed E-state index contributed by atoms with van der Waals surface area (Å²) in [4.78, 5) is 23.1. The lowest BCUT2D eigenvalue weighted by Crippen LogP contribution is -2.18. The fourth-order valence-corrected chi connectivity index (χ4v) is 4.91. The van der Waals surface area contributed by atoms with Gasteiger partial charge in [-0.05, 0) is 83.5 Å². The van der Waals surface area contributed by atoms with Crippen LogP contribution in [0.25, 0.3) is 0 Å². The van der Waals surface area contributed by atoms with Crippen LogP contribution in [0.4, 0.5) is 0 Å². The monoisotopic (exact) mass is 598 g/mol. The number of unbranched alkanes of at least 4 members (excludes halogenated alkanes) is 12. The molecule has 1 unspecified atom stereocenters. The highest BCUT2D eigenvalue weighted by Crippen LogP contribution is 2.18. The first-order valence-electron chi connectivity index (χ1n) is 17.8. The van der Waals surface area contributed by atoms with Crippen molar-refractivity contribution in [2.75, 3.05) is 0 Å². The molecular formula is C39H66O4. The molecule has 4 nitrogen and oxygen atoms in total. The molecule has 0 rings (SSSR count). The van der Waals surface area contributed by atoms with Crippen LogP contribution in [0.5, 0.6) is 0 Å². The van der Waals surface area contributed by atoms with Crippen LogP contribution in [-0.2, 0) is 14.3 Å². The molecule has 0 aromatic carbocycles. The number of esters is 1. The zero-order chi connectivity index (χ0) is 31.5. The van der Waals surface area contributed by atoms with Crippen LogP contribution < -0.4 is 0 Å². The van der Waals surface area contributed by atoms with E-state index in [-0.39, 0.29) is 18.5 Å². The highest BCUT2D eigenvalue weighted by atomic mass is 16.5. The number of carbonyl (C=O) groups excluding carboxylic acids is 1. The number of carboxylic acid groups (broad SMARTS) is 1. The third-order valence-corrected chi connectivity index (χ3v) is 7.50. The molecule has 0 aliphatic rings. The molecule has 0 aromatic heterocycles. The fourth-order valence-electron chi connectivity index (χ4n) is 4.91. The van der Waals surface area contributed by atoms with E-state index >= 15 is 0 Å². The number of ether oxygens (including phenoxy) is 1. The van der Waals surface area contributed by atoms with Crippen molar-refractivity contribution in [2.24, 2.45) is 0 Å². The molecule has 0 fully saturated rings. The van der Waals surface area contributed by atoms with Crippen molar-refractivity contribution in [3.8, 4) is 0 Å². The highest BCUT2D eigenvalue weighted by Gasteiger charge is 2.14. The number of hydrogen-bond acceptors (Lipinski definition) is 3. The topological polar surface area (TPSA) is 63.6 Å². The summed E-state index contributed by atoms with van der Waals surface area (Å²) in [7, 11) is 0. The Morgan fingerprint density at radius 3 is 1.51 bits per heavy atom. The van der Waals surface area contributed by atoms with Gasteiger partial charge in [-0.3, -0.25) is 9.59 Å². The van der Waals surface area contributed by atoms with Crippen molar-refractivity contribution in [3.05, 3.63) is 60.8 Å². The minimum atomic E-state index is -0.700. The lowest BCUT2D eigenvalue weighted by Gasteiger charge is -2.18. The molecule has 1 N–H and O–H groups in total. The second-order valence-corrected chi connectivity index (χ2v) is 11.7. The summed E-state index contributed by atoms with van der Waals surface area (Å²) in [6.45, 7) is 4.39. The van der Waals surface area contributed by atoms with E-state index in [4.69, 9.17) is 9.84 Å². The Bertz CT molecular complexity index is 774. The number of rotatable bonds is 31. The maximum Gasteiger partial charge on any atom is 0.306 e. The Labute approximate surface area is 265 Å². The first-order valence-corrected chi connectivity index (χ1v) is 17.8.